The van der Waals surface area contributed by atoms with E-state index in [1.54, 1.807) is 47.4 Å². The van der Waals surface area contributed by atoms with Gasteiger partial charge < -0.3 is 20.0 Å². The summed E-state index contributed by atoms with van der Waals surface area (Å²) in [7, 11) is 0. The highest BCUT2D eigenvalue weighted by Gasteiger charge is 2.21. The monoisotopic (exact) mass is 403 g/mol. The number of rotatable bonds is 5. The predicted molar refractivity (Wildman–Crippen MR) is 114 cm³/mol. The quantitative estimate of drug-likeness (QED) is 0.667. The molecule has 1 aliphatic heterocycles. The Kier molecular flexibility index (Phi) is 5.34. The van der Waals surface area contributed by atoms with E-state index in [0.717, 1.165) is 24.2 Å². The first-order valence-corrected chi connectivity index (χ1v) is 9.68. The van der Waals surface area contributed by atoms with Gasteiger partial charge in [0.25, 0.3) is 11.8 Å². The van der Waals surface area contributed by atoms with Crippen molar-refractivity contribution in [3.63, 3.8) is 0 Å². The topological polar surface area (TPSA) is 91.7 Å². The highest BCUT2D eigenvalue weighted by molar-refractivity contribution is 6.07. The summed E-state index contributed by atoms with van der Waals surface area (Å²) in [4.78, 5) is 38.5. The maximum absolute atomic E-state index is 12.7. The lowest BCUT2D eigenvalue weighted by molar-refractivity contribution is -0.117. The Morgan fingerprint density at radius 3 is 2.47 bits per heavy atom. The van der Waals surface area contributed by atoms with E-state index in [4.69, 9.17) is 4.42 Å². The number of furan rings is 1. The molecule has 1 saturated heterocycles. The molecule has 2 N–H and O–H groups in total. The maximum atomic E-state index is 12.7. The summed E-state index contributed by atoms with van der Waals surface area (Å²) in [5, 5.41) is 5.61. The van der Waals surface area contributed by atoms with Crippen molar-refractivity contribution in [1.29, 1.82) is 0 Å². The van der Waals surface area contributed by atoms with Gasteiger partial charge in [-0.15, -0.1) is 0 Å². The van der Waals surface area contributed by atoms with Crippen LogP contribution in [0.1, 0.15) is 39.3 Å². The minimum Gasteiger partial charge on any atom is -0.459 e. The summed E-state index contributed by atoms with van der Waals surface area (Å²) >= 11 is 0. The second kappa shape index (κ2) is 8.24. The highest BCUT2D eigenvalue weighted by atomic mass is 16.3. The van der Waals surface area contributed by atoms with Crippen LogP contribution >= 0.6 is 0 Å². The number of amides is 3. The number of nitrogens with one attached hydrogen (secondary N) is 2. The van der Waals surface area contributed by atoms with Crippen molar-refractivity contribution < 1.29 is 18.8 Å². The van der Waals surface area contributed by atoms with Crippen molar-refractivity contribution in [3.8, 4) is 0 Å². The molecule has 7 heteroatoms. The Labute approximate surface area is 173 Å². The molecule has 4 rings (SSSR count). The van der Waals surface area contributed by atoms with Gasteiger partial charge >= 0.3 is 0 Å². The third-order valence-electron chi connectivity index (χ3n) is 5.00. The molecule has 1 aromatic heterocycles. The molecule has 0 radical (unpaired) electrons. The number of benzene rings is 2. The fourth-order valence-electron chi connectivity index (χ4n) is 3.34. The molecular weight excluding hydrogens is 382 g/mol. The van der Waals surface area contributed by atoms with Crippen molar-refractivity contribution >= 4 is 34.8 Å². The number of hydrogen-bond donors (Lipinski definition) is 2. The Hall–Kier alpha value is -3.87. The van der Waals surface area contributed by atoms with Crippen LogP contribution in [-0.2, 0) is 4.79 Å². The summed E-state index contributed by atoms with van der Waals surface area (Å²) < 4.78 is 5.10. The van der Waals surface area contributed by atoms with Crippen LogP contribution in [0.3, 0.4) is 0 Å². The molecule has 0 unspecified atom stereocenters. The molecule has 1 fully saturated rings. The van der Waals surface area contributed by atoms with Gasteiger partial charge in [-0.25, -0.2) is 0 Å². The molecule has 0 saturated carbocycles. The van der Waals surface area contributed by atoms with Gasteiger partial charge in [0.15, 0.2) is 5.76 Å². The van der Waals surface area contributed by atoms with E-state index in [9.17, 15) is 14.4 Å². The van der Waals surface area contributed by atoms with Crippen molar-refractivity contribution in [3.05, 3.63) is 77.7 Å². The molecule has 2 heterocycles. The number of aryl methyl sites for hydroxylation is 1. The van der Waals surface area contributed by atoms with Gasteiger partial charge in [0, 0.05) is 35.6 Å². The fraction of sp³-hybridized carbons (Fsp3) is 0.174. The first-order valence-electron chi connectivity index (χ1n) is 9.68. The number of hydrogen-bond acceptors (Lipinski definition) is 4. The van der Waals surface area contributed by atoms with Gasteiger partial charge in [0.05, 0.1) is 6.26 Å². The average molecular weight is 403 g/mol. The van der Waals surface area contributed by atoms with Crippen LogP contribution in [0.5, 0.6) is 0 Å². The number of anilines is 3. The van der Waals surface area contributed by atoms with E-state index in [2.05, 4.69) is 10.6 Å². The van der Waals surface area contributed by atoms with Crippen LogP contribution in [0, 0.1) is 6.92 Å². The van der Waals surface area contributed by atoms with Crippen LogP contribution in [0.4, 0.5) is 17.1 Å². The van der Waals surface area contributed by atoms with E-state index < -0.39 is 0 Å². The zero-order valence-electron chi connectivity index (χ0n) is 16.5. The van der Waals surface area contributed by atoms with Gasteiger partial charge in [-0.2, -0.15) is 0 Å². The molecule has 0 spiro atoms. The van der Waals surface area contributed by atoms with Crippen LogP contribution in [0.25, 0.3) is 0 Å². The lowest BCUT2D eigenvalue weighted by Crippen LogP contribution is -2.23. The van der Waals surface area contributed by atoms with Crippen molar-refractivity contribution in [2.75, 3.05) is 22.1 Å². The molecule has 0 bridgehead atoms. The second-order valence-electron chi connectivity index (χ2n) is 7.11. The van der Waals surface area contributed by atoms with Crippen molar-refractivity contribution in [2.24, 2.45) is 0 Å². The predicted octanol–water partition coefficient (Wildman–Crippen LogP) is 4.22. The first-order chi connectivity index (χ1) is 14.5. The SMILES string of the molecule is Cc1ccc(C(=O)Nc2ccc(N3CCCC3=O)cc2)cc1NC(=O)c1ccco1. The standard InChI is InChI=1S/C23H21N3O4/c1-15-6-7-16(14-19(15)25-23(29)20-4-3-13-30-20)22(28)24-17-8-10-18(11-9-17)26-12-2-5-21(26)27/h3-4,6-11,13-14H,2,5,12H2,1H3,(H,24,28)(H,25,29). The molecule has 152 valence electrons. The third-order valence-corrected chi connectivity index (χ3v) is 5.00. The molecule has 3 aromatic rings. The van der Waals surface area contributed by atoms with Gasteiger partial charge in [-0.05, 0) is 67.4 Å². The van der Waals surface area contributed by atoms with E-state index in [1.165, 1.54) is 6.26 Å². The molecule has 2 aromatic carbocycles. The van der Waals surface area contributed by atoms with Crippen LogP contribution in [0.15, 0.2) is 65.3 Å². The van der Waals surface area contributed by atoms with Crippen LogP contribution in [-0.4, -0.2) is 24.3 Å². The average Bonchev–Trinajstić information content (AvgIpc) is 3.42. The highest BCUT2D eigenvalue weighted by Crippen LogP contribution is 2.24. The Balaban J connectivity index is 1.45. The second-order valence-corrected chi connectivity index (χ2v) is 7.11. The molecule has 1 aliphatic rings. The smallest absolute Gasteiger partial charge is 0.291 e. The largest absolute Gasteiger partial charge is 0.459 e. The normalized spacial score (nSPS) is 13.4. The van der Waals surface area contributed by atoms with Gasteiger partial charge in [0.1, 0.15) is 0 Å². The Bertz CT molecular complexity index is 1090. The van der Waals surface area contributed by atoms with Crippen molar-refractivity contribution in [1.82, 2.24) is 0 Å². The third kappa shape index (κ3) is 4.10. The van der Waals surface area contributed by atoms with E-state index in [-0.39, 0.29) is 23.5 Å². The summed E-state index contributed by atoms with van der Waals surface area (Å²) in [6.07, 6.45) is 2.87. The number of carbonyl (C=O) groups excluding carboxylic acids is 3. The lowest BCUT2D eigenvalue weighted by atomic mass is 10.1. The van der Waals surface area contributed by atoms with E-state index in [1.807, 2.05) is 19.1 Å². The van der Waals surface area contributed by atoms with E-state index in [0.29, 0.717) is 23.4 Å². The summed E-state index contributed by atoms with van der Waals surface area (Å²) in [6.45, 7) is 2.57. The van der Waals surface area contributed by atoms with Gasteiger partial charge in [-0.1, -0.05) is 6.07 Å². The summed E-state index contributed by atoms with van der Waals surface area (Å²) in [5.41, 5.74) is 3.22. The maximum Gasteiger partial charge on any atom is 0.291 e. The van der Waals surface area contributed by atoms with E-state index >= 15 is 0 Å². The zero-order valence-corrected chi connectivity index (χ0v) is 16.5. The minimum absolute atomic E-state index is 0.121. The summed E-state index contributed by atoms with van der Waals surface area (Å²) in [5.74, 6) is -0.363. The number of carbonyl (C=O) groups is 3. The van der Waals surface area contributed by atoms with Gasteiger partial charge in [-0.3, -0.25) is 14.4 Å². The van der Waals surface area contributed by atoms with Crippen LogP contribution < -0.4 is 15.5 Å². The Morgan fingerprint density at radius 1 is 1.00 bits per heavy atom. The molecule has 7 nitrogen and oxygen atoms in total. The fourth-order valence-corrected chi connectivity index (χ4v) is 3.34. The Morgan fingerprint density at radius 2 is 1.80 bits per heavy atom. The van der Waals surface area contributed by atoms with Crippen LogP contribution in [0.2, 0.25) is 0 Å². The molecule has 30 heavy (non-hydrogen) atoms. The first kappa shape index (κ1) is 19.4. The molecular formula is C23H21N3O4. The summed E-state index contributed by atoms with van der Waals surface area (Å²) in [6, 6.07) is 15.5. The zero-order chi connectivity index (χ0) is 21.1. The number of nitrogens with zero attached hydrogens (tertiary/aromatic N) is 1. The lowest BCUT2D eigenvalue weighted by Gasteiger charge is -2.16. The van der Waals surface area contributed by atoms with Crippen molar-refractivity contribution in [2.45, 2.75) is 19.8 Å². The molecule has 0 aliphatic carbocycles. The molecule has 0 atom stereocenters. The minimum atomic E-state index is -0.382. The molecule has 3 amide bonds. The van der Waals surface area contributed by atoms with Gasteiger partial charge in [0.2, 0.25) is 5.91 Å².